The molecule has 2 heteroatoms. The molecule has 2 heterocycles. The van der Waals surface area contributed by atoms with Crippen LogP contribution in [-0.4, -0.2) is 9.13 Å². The van der Waals surface area contributed by atoms with Gasteiger partial charge in [0.05, 0.1) is 27.8 Å². The van der Waals surface area contributed by atoms with Crippen molar-refractivity contribution in [3.05, 3.63) is 206 Å². The van der Waals surface area contributed by atoms with E-state index in [9.17, 15) is 0 Å². The van der Waals surface area contributed by atoms with Crippen molar-refractivity contribution in [1.82, 2.24) is 9.13 Å². The molecule has 0 aliphatic heterocycles. The van der Waals surface area contributed by atoms with Crippen LogP contribution in [0, 0.1) is 0 Å². The Hall–Kier alpha value is -7.16. The van der Waals surface area contributed by atoms with Gasteiger partial charge < -0.3 is 9.13 Å². The Bertz CT molecular complexity index is 3180. The van der Waals surface area contributed by atoms with Gasteiger partial charge in [0, 0.05) is 32.6 Å². The molecule has 11 rings (SSSR count). The van der Waals surface area contributed by atoms with Crippen molar-refractivity contribution in [3.8, 4) is 44.8 Å². The Balaban J connectivity index is 1.00. The average Bonchev–Trinajstić information content (AvgIpc) is 3.76. The lowest BCUT2D eigenvalue weighted by atomic mass is 10.00. The third kappa shape index (κ3) is 4.81. The largest absolute Gasteiger partial charge is 0.309 e. The predicted octanol–water partition coefficient (Wildman–Crippen LogP) is 14.0. The van der Waals surface area contributed by atoms with Gasteiger partial charge in [-0.25, -0.2) is 0 Å². The fourth-order valence-electron chi connectivity index (χ4n) is 8.53. The first-order valence-electron chi connectivity index (χ1n) is 18.6. The summed E-state index contributed by atoms with van der Waals surface area (Å²) in [5, 5.41) is 7.52. The molecule has 0 fully saturated rings. The molecule has 0 radical (unpaired) electrons. The maximum Gasteiger partial charge on any atom is 0.0541 e. The Morgan fingerprint density at radius 2 is 0.667 bits per heavy atom. The zero-order valence-electron chi connectivity index (χ0n) is 29.5. The lowest BCUT2D eigenvalue weighted by Crippen LogP contribution is -1.95. The SMILES string of the molecule is c1ccc(-c2ccc(-c3ccc(-n4c5ccccc5c5cc(-c6ccc7c(c6)c6ccccc6n7-c6cccc7ccccc67)ccc54)cc3)cc2)cc1. The molecule has 0 unspecified atom stereocenters. The summed E-state index contributed by atoms with van der Waals surface area (Å²) in [6.45, 7) is 0. The molecule has 0 atom stereocenters. The maximum atomic E-state index is 2.43. The van der Waals surface area contributed by atoms with E-state index in [1.165, 1.54) is 93.5 Å². The van der Waals surface area contributed by atoms with E-state index in [0.29, 0.717) is 0 Å². The predicted molar refractivity (Wildman–Crippen MR) is 229 cm³/mol. The zero-order chi connectivity index (χ0) is 35.6. The van der Waals surface area contributed by atoms with E-state index in [2.05, 4.69) is 215 Å². The molecule has 0 bridgehead atoms. The zero-order valence-corrected chi connectivity index (χ0v) is 29.5. The number of para-hydroxylation sites is 2. The monoisotopic (exact) mass is 686 g/mol. The molecule has 11 aromatic rings. The first-order chi connectivity index (χ1) is 26.8. The molecule has 0 aliphatic carbocycles. The van der Waals surface area contributed by atoms with E-state index in [4.69, 9.17) is 0 Å². The summed E-state index contributed by atoms with van der Waals surface area (Å²) in [7, 11) is 0. The maximum absolute atomic E-state index is 2.43. The van der Waals surface area contributed by atoms with Gasteiger partial charge in [0.2, 0.25) is 0 Å². The minimum Gasteiger partial charge on any atom is -0.309 e. The van der Waals surface area contributed by atoms with Crippen LogP contribution in [0.15, 0.2) is 206 Å². The van der Waals surface area contributed by atoms with Gasteiger partial charge in [-0.05, 0) is 93.4 Å². The second-order valence-electron chi connectivity index (χ2n) is 14.2. The van der Waals surface area contributed by atoms with Crippen LogP contribution in [0.5, 0.6) is 0 Å². The molecule has 0 saturated carbocycles. The van der Waals surface area contributed by atoms with Gasteiger partial charge in [-0.15, -0.1) is 0 Å². The van der Waals surface area contributed by atoms with Gasteiger partial charge >= 0.3 is 0 Å². The molecule has 54 heavy (non-hydrogen) atoms. The molecular formula is C52H34N2. The summed E-state index contributed by atoms with van der Waals surface area (Å²) in [6.07, 6.45) is 0. The molecule has 0 spiro atoms. The highest BCUT2D eigenvalue weighted by atomic mass is 15.0. The van der Waals surface area contributed by atoms with Crippen LogP contribution < -0.4 is 0 Å². The lowest BCUT2D eigenvalue weighted by molar-refractivity contribution is 1.18. The summed E-state index contributed by atoms with van der Waals surface area (Å²) in [6, 6.07) is 75.1. The van der Waals surface area contributed by atoms with E-state index < -0.39 is 0 Å². The molecule has 2 nitrogen and oxygen atoms in total. The molecule has 0 amide bonds. The summed E-state index contributed by atoms with van der Waals surface area (Å²) in [4.78, 5) is 0. The van der Waals surface area contributed by atoms with E-state index in [-0.39, 0.29) is 0 Å². The quantitative estimate of drug-likeness (QED) is 0.171. The molecular weight excluding hydrogens is 653 g/mol. The van der Waals surface area contributed by atoms with Crippen molar-refractivity contribution in [2.24, 2.45) is 0 Å². The number of aromatic nitrogens is 2. The fourth-order valence-corrected chi connectivity index (χ4v) is 8.53. The highest BCUT2D eigenvalue weighted by Crippen LogP contribution is 2.39. The Kier molecular flexibility index (Phi) is 6.90. The van der Waals surface area contributed by atoms with E-state index in [1.54, 1.807) is 0 Å². The van der Waals surface area contributed by atoms with Crippen molar-refractivity contribution in [2.75, 3.05) is 0 Å². The van der Waals surface area contributed by atoms with Crippen molar-refractivity contribution in [1.29, 1.82) is 0 Å². The van der Waals surface area contributed by atoms with Crippen molar-refractivity contribution >= 4 is 54.4 Å². The number of hydrogen-bond acceptors (Lipinski definition) is 0. The normalized spacial score (nSPS) is 11.7. The van der Waals surface area contributed by atoms with Crippen molar-refractivity contribution in [2.45, 2.75) is 0 Å². The minimum atomic E-state index is 1.15. The summed E-state index contributed by atoms with van der Waals surface area (Å²) < 4.78 is 4.83. The number of fused-ring (bicyclic) bond motifs is 7. The lowest BCUT2D eigenvalue weighted by Gasteiger charge is -2.12. The first-order valence-corrected chi connectivity index (χ1v) is 18.6. The number of benzene rings is 9. The van der Waals surface area contributed by atoms with Gasteiger partial charge in [-0.1, -0.05) is 152 Å². The Morgan fingerprint density at radius 3 is 1.30 bits per heavy atom. The molecule has 252 valence electrons. The molecule has 0 aliphatic rings. The van der Waals surface area contributed by atoms with Gasteiger partial charge in [0.25, 0.3) is 0 Å². The van der Waals surface area contributed by atoms with Crippen LogP contribution in [0.1, 0.15) is 0 Å². The van der Waals surface area contributed by atoms with Crippen LogP contribution in [0.2, 0.25) is 0 Å². The average molecular weight is 687 g/mol. The summed E-state index contributed by atoms with van der Waals surface area (Å²) in [5.41, 5.74) is 14.5. The summed E-state index contributed by atoms with van der Waals surface area (Å²) in [5.74, 6) is 0. The third-order valence-electron chi connectivity index (χ3n) is 11.1. The first kappa shape index (κ1) is 30.5. The van der Waals surface area contributed by atoms with Crippen molar-refractivity contribution < 1.29 is 0 Å². The standard InChI is InChI=1S/C52H34N2/c1-2-11-35(12-3-1)36-21-23-37(24-22-36)38-25-29-42(30-26-38)53-49-18-8-6-16-44(49)46-33-40(27-31-51(46)53)41-28-32-52-47(34-41)45-17-7-9-19-50(45)54(52)48-20-10-14-39-13-4-5-15-43(39)48/h1-34H. The molecule has 0 saturated heterocycles. The number of nitrogens with zero attached hydrogens (tertiary/aromatic N) is 2. The van der Waals surface area contributed by atoms with Gasteiger partial charge in [-0.3, -0.25) is 0 Å². The smallest absolute Gasteiger partial charge is 0.0541 e. The van der Waals surface area contributed by atoms with Crippen LogP contribution in [-0.2, 0) is 0 Å². The van der Waals surface area contributed by atoms with Crippen LogP contribution in [0.4, 0.5) is 0 Å². The van der Waals surface area contributed by atoms with E-state index >= 15 is 0 Å². The Morgan fingerprint density at radius 1 is 0.241 bits per heavy atom. The van der Waals surface area contributed by atoms with Gasteiger partial charge in [0.1, 0.15) is 0 Å². The second-order valence-corrected chi connectivity index (χ2v) is 14.2. The van der Waals surface area contributed by atoms with E-state index in [1.807, 2.05) is 0 Å². The molecule has 9 aromatic carbocycles. The van der Waals surface area contributed by atoms with Crippen LogP contribution >= 0.6 is 0 Å². The highest BCUT2D eigenvalue weighted by molar-refractivity contribution is 6.13. The summed E-state index contributed by atoms with van der Waals surface area (Å²) >= 11 is 0. The number of hydrogen-bond donors (Lipinski definition) is 0. The third-order valence-corrected chi connectivity index (χ3v) is 11.1. The fraction of sp³-hybridized carbons (Fsp3) is 0. The van der Waals surface area contributed by atoms with Gasteiger partial charge in [-0.2, -0.15) is 0 Å². The van der Waals surface area contributed by atoms with Crippen LogP contribution in [0.3, 0.4) is 0 Å². The number of rotatable bonds is 5. The van der Waals surface area contributed by atoms with Gasteiger partial charge in [0.15, 0.2) is 0 Å². The topological polar surface area (TPSA) is 9.86 Å². The Labute approximate surface area is 313 Å². The second kappa shape index (κ2) is 12.2. The van der Waals surface area contributed by atoms with Crippen molar-refractivity contribution in [3.63, 3.8) is 0 Å². The molecule has 2 aromatic heterocycles. The molecule has 0 N–H and O–H groups in total. The highest BCUT2D eigenvalue weighted by Gasteiger charge is 2.17. The minimum absolute atomic E-state index is 1.15. The van der Waals surface area contributed by atoms with Crippen LogP contribution in [0.25, 0.3) is 99.1 Å². The van der Waals surface area contributed by atoms with E-state index in [0.717, 1.165) is 5.69 Å².